The van der Waals surface area contributed by atoms with Gasteiger partial charge in [-0.2, -0.15) is 9.13 Å². The zero-order valence-corrected chi connectivity index (χ0v) is 33.7. The molecule has 13 rings (SSSR count). The van der Waals surface area contributed by atoms with Crippen LogP contribution >= 0.6 is 11.3 Å². The van der Waals surface area contributed by atoms with Gasteiger partial charge in [0.25, 0.3) is 0 Å². The van der Waals surface area contributed by atoms with Crippen LogP contribution in [0.15, 0.2) is 134 Å². The summed E-state index contributed by atoms with van der Waals surface area (Å²) in [6.45, 7) is 14.6. The Hall–Kier alpha value is -5.84. The van der Waals surface area contributed by atoms with Gasteiger partial charge in [-0.15, -0.1) is 11.3 Å². The van der Waals surface area contributed by atoms with Crippen molar-refractivity contribution in [2.45, 2.75) is 69.7 Å². The molecule has 10 aromatic rings. The van der Waals surface area contributed by atoms with Crippen molar-refractivity contribution in [3.63, 3.8) is 0 Å². The molecule has 0 amide bonds. The van der Waals surface area contributed by atoms with E-state index in [1.807, 2.05) is 11.3 Å². The number of nitrogens with zero attached hydrogens (tertiary/aromatic N) is 3. The summed E-state index contributed by atoms with van der Waals surface area (Å²) in [4.78, 5) is 0. The first kappa shape index (κ1) is 32.3. The van der Waals surface area contributed by atoms with Gasteiger partial charge in [-0.3, -0.25) is 0 Å². The fraction of sp³-hybridized carbons (Fsp3) is 0.208. The zero-order valence-electron chi connectivity index (χ0n) is 32.9. The van der Waals surface area contributed by atoms with E-state index in [0.29, 0.717) is 0 Å². The van der Waals surface area contributed by atoms with Crippen molar-refractivity contribution in [1.82, 2.24) is 4.40 Å². The van der Waals surface area contributed by atoms with Crippen molar-refractivity contribution >= 4 is 75.3 Å². The smallest absolute Gasteiger partial charge is 0.218 e. The predicted octanol–water partition coefficient (Wildman–Crippen LogP) is 12.4. The first-order valence-corrected chi connectivity index (χ1v) is 21.4. The fourth-order valence-corrected chi connectivity index (χ4v) is 12.9. The first-order chi connectivity index (χ1) is 27.6. The molecule has 8 heterocycles. The summed E-state index contributed by atoms with van der Waals surface area (Å²) in [6, 6.07) is 46.7. The topological polar surface area (TPSA) is 12.2 Å². The number of allylic oxidation sites excluding steroid dienone is 1. The van der Waals surface area contributed by atoms with Crippen LogP contribution in [0.25, 0.3) is 86.5 Å². The second-order valence-corrected chi connectivity index (χ2v) is 19.6. The molecule has 0 saturated heterocycles. The lowest BCUT2D eigenvalue weighted by molar-refractivity contribution is -0.815. The minimum Gasteiger partial charge on any atom is -0.308 e. The molecule has 1 spiro atoms. The molecule has 0 bridgehead atoms. The number of aromatic nitrogens is 3. The van der Waals surface area contributed by atoms with Crippen LogP contribution < -0.4 is 9.13 Å². The predicted molar refractivity (Wildman–Crippen MR) is 238 cm³/mol. The van der Waals surface area contributed by atoms with Crippen molar-refractivity contribution in [1.29, 1.82) is 0 Å². The van der Waals surface area contributed by atoms with Crippen LogP contribution in [0.3, 0.4) is 0 Å². The van der Waals surface area contributed by atoms with Gasteiger partial charge >= 0.3 is 0 Å². The summed E-state index contributed by atoms with van der Waals surface area (Å²) in [5.74, 6) is 0. The second-order valence-electron chi connectivity index (χ2n) is 18.5. The number of fused-ring (bicyclic) bond motifs is 16. The maximum Gasteiger partial charge on any atom is 0.218 e. The van der Waals surface area contributed by atoms with Crippen molar-refractivity contribution in [3.05, 3.63) is 156 Å². The largest absolute Gasteiger partial charge is 0.308 e. The van der Waals surface area contributed by atoms with E-state index in [9.17, 15) is 0 Å². The lowest BCUT2D eigenvalue weighted by atomic mass is 9.53. The third-order valence-corrected chi connectivity index (χ3v) is 15.8. The fourth-order valence-electron chi connectivity index (χ4n) is 11.8. The maximum atomic E-state index is 4.91. The van der Waals surface area contributed by atoms with Crippen molar-refractivity contribution in [2.24, 2.45) is 0 Å². The molecular weight excluding hydrogens is 711 g/mol. The second kappa shape index (κ2) is 10.6. The van der Waals surface area contributed by atoms with E-state index >= 15 is 0 Å². The molecule has 57 heavy (non-hydrogen) atoms. The molecule has 0 fully saturated rings. The molecule has 2 unspecified atom stereocenters. The molecule has 2 atom stereocenters. The molecule has 0 radical (unpaired) electrons. The van der Waals surface area contributed by atoms with E-state index in [-0.39, 0.29) is 16.4 Å². The summed E-state index contributed by atoms with van der Waals surface area (Å²) in [6.07, 6.45) is 6.18. The monoisotopic (exact) mass is 753 g/mol. The van der Waals surface area contributed by atoms with Crippen LogP contribution in [-0.2, 0) is 29.2 Å². The number of benzene rings is 5. The zero-order chi connectivity index (χ0) is 38.2. The molecule has 4 heteroatoms. The highest BCUT2D eigenvalue weighted by Gasteiger charge is 2.69. The van der Waals surface area contributed by atoms with Crippen LogP contribution in [0.5, 0.6) is 0 Å². The minimum atomic E-state index is -0.179. The summed E-state index contributed by atoms with van der Waals surface area (Å²) in [7, 11) is 0. The Morgan fingerprint density at radius 3 is 2.39 bits per heavy atom. The van der Waals surface area contributed by atoms with Gasteiger partial charge in [-0.25, -0.2) is 0 Å². The number of hydrogen-bond donors (Lipinski definition) is 0. The highest BCUT2D eigenvalue weighted by Crippen LogP contribution is 2.58. The number of hydrogen-bond acceptors (Lipinski definition) is 1. The van der Waals surface area contributed by atoms with Gasteiger partial charge in [0.2, 0.25) is 11.4 Å². The van der Waals surface area contributed by atoms with Crippen LogP contribution in [0, 0.1) is 0 Å². The highest BCUT2D eigenvalue weighted by atomic mass is 32.1. The molecule has 0 aliphatic carbocycles. The molecule has 0 N–H and O–H groups in total. The Balaban J connectivity index is 1.15. The molecule has 0 saturated carbocycles. The van der Waals surface area contributed by atoms with Crippen molar-refractivity contribution in [2.75, 3.05) is 0 Å². The van der Waals surface area contributed by atoms with Gasteiger partial charge in [0.15, 0.2) is 23.1 Å². The van der Waals surface area contributed by atoms with E-state index in [1.165, 1.54) is 103 Å². The Morgan fingerprint density at radius 2 is 1.49 bits per heavy atom. The van der Waals surface area contributed by atoms with Gasteiger partial charge in [-0.05, 0) is 90.9 Å². The van der Waals surface area contributed by atoms with Crippen LogP contribution in [0.1, 0.15) is 62.9 Å². The van der Waals surface area contributed by atoms with E-state index in [0.717, 1.165) is 31.4 Å². The number of para-hydroxylation sites is 1. The van der Waals surface area contributed by atoms with Crippen molar-refractivity contribution < 1.29 is 9.13 Å². The molecule has 3 aliphatic heterocycles. The Kier molecular flexibility index (Phi) is 5.98. The van der Waals surface area contributed by atoms with Crippen LogP contribution in [0.4, 0.5) is 0 Å². The number of pyridine rings is 2. The summed E-state index contributed by atoms with van der Waals surface area (Å²) >= 11 is 1.91. The van der Waals surface area contributed by atoms with Gasteiger partial charge in [0.05, 0.1) is 40.4 Å². The lowest BCUT2D eigenvalue weighted by Gasteiger charge is -2.53. The summed E-state index contributed by atoms with van der Waals surface area (Å²) in [5, 5.41) is 8.17. The highest BCUT2D eigenvalue weighted by molar-refractivity contribution is 7.26. The Morgan fingerprint density at radius 1 is 0.684 bits per heavy atom. The van der Waals surface area contributed by atoms with E-state index in [2.05, 4.69) is 169 Å². The van der Waals surface area contributed by atoms with Gasteiger partial charge in [0, 0.05) is 71.5 Å². The Bertz CT molecular complexity index is 3440. The number of rotatable bonds is 0. The molecule has 3 nitrogen and oxygen atoms in total. The SMILES string of the molecule is C=C1CC23Cc4cc(C(C)(C)C)cc([n+]42)-c2cc4c5cccc6c7c8c(ccc7n(c4cc2C3(C)CCc2ccccc2-c2cccc[n+]21)c56)sc1ccccc18. The lowest BCUT2D eigenvalue weighted by Crippen LogP contribution is -2.79. The average molecular weight is 754 g/mol. The first-order valence-electron chi connectivity index (χ1n) is 20.6. The molecule has 5 aromatic heterocycles. The minimum absolute atomic E-state index is 0.0327. The standard InChI is InChI=1S/C53H43N3S/c1-31-29-53-30-34-25-33(51(2,3)4)26-45(56(34)53)40-27-39-36-16-12-17-38-48-43(20-21-47-49(48)37-15-8-9-19-46(37)57-47)55(50(36)38)44(39)28-41(40)52(53,5)23-22-32-13-6-7-14-35(32)42-18-10-11-24-54(31)42/h6-21,24-28H,1,22-23,29-30H2,2-5H3/q+2. The maximum absolute atomic E-state index is 4.91. The van der Waals surface area contributed by atoms with Crippen LogP contribution in [0.2, 0.25) is 0 Å². The molecule has 274 valence electrons. The number of aryl methyl sites for hydroxylation is 1. The third-order valence-electron chi connectivity index (χ3n) is 14.7. The summed E-state index contributed by atoms with van der Waals surface area (Å²) < 4.78 is 10.5. The van der Waals surface area contributed by atoms with E-state index in [1.54, 1.807) is 0 Å². The Labute approximate surface area is 336 Å². The normalized spacial score (nSPS) is 20.2. The van der Waals surface area contributed by atoms with Gasteiger partial charge in [0.1, 0.15) is 0 Å². The van der Waals surface area contributed by atoms with E-state index < -0.39 is 0 Å². The van der Waals surface area contributed by atoms with Crippen molar-refractivity contribution in [3.8, 4) is 22.5 Å². The number of thiophene rings is 1. The quantitative estimate of drug-likeness (QED) is 0.137. The molecule has 5 aromatic carbocycles. The van der Waals surface area contributed by atoms with Gasteiger partial charge < -0.3 is 4.40 Å². The third kappa shape index (κ3) is 3.88. The van der Waals surface area contributed by atoms with Crippen LogP contribution in [-0.4, -0.2) is 4.40 Å². The average Bonchev–Trinajstić information content (AvgIpc) is 3.87. The summed E-state index contributed by atoms with van der Waals surface area (Å²) in [5.41, 5.74) is 15.8. The molecule has 3 aliphatic rings. The van der Waals surface area contributed by atoms with Gasteiger partial charge in [-0.1, -0.05) is 75.4 Å². The van der Waals surface area contributed by atoms with E-state index in [4.69, 9.17) is 6.58 Å². The molecular formula is C53H43N3S+2.